The number of amides is 1. The van der Waals surface area contributed by atoms with Crippen LogP contribution in [0.2, 0.25) is 0 Å². The van der Waals surface area contributed by atoms with Crippen LogP contribution in [0.15, 0.2) is 48.8 Å². The van der Waals surface area contributed by atoms with E-state index in [9.17, 15) is 4.79 Å². The SMILES string of the molecule is N#CCCN(C(=O)c1ccccc1-n1cccc1)C1CC1. The molecule has 0 saturated heterocycles. The molecule has 0 N–H and O–H groups in total. The van der Waals surface area contributed by atoms with Crippen molar-refractivity contribution in [2.24, 2.45) is 0 Å². The molecule has 0 bridgehead atoms. The van der Waals surface area contributed by atoms with Gasteiger partial charge in [0.2, 0.25) is 0 Å². The number of nitrogens with zero attached hydrogens (tertiary/aromatic N) is 3. The Kier molecular flexibility index (Phi) is 3.74. The molecule has 1 aliphatic rings. The van der Waals surface area contributed by atoms with E-state index < -0.39 is 0 Å². The van der Waals surface area contributed by atoms with Crippen LogP contribution in [0.25, 0.3) is 5.69 Å². The highest BCUT2D eigenvalue weighted by Crippen LogP contribution is 2.29. The summed E-state index contributed by atoms with van der Waals surface area (Å²) in [4.78, 5) is 14.7. The molecule has 1 aliphatic carbocycles. The van der Waals surface area contributed by atoms with Crippen LogP contribution >= 0.6 is 0 Å². The first-order chi connectivity index (χ1) is 10.3. The summed E-state index contributed by atoms with van der Waals surface area (Å²) in [5, 5.41) is 8.78. The van der Waals surface area contributed by atoms with Crippen LogP contribution in [-0.2, 0) is 0 Å². The van der Waals surface area contributed by atoms with Crippen molar-refractivity contribution in [3.05, 3.63) is 54.4 Å². The van der Waals surface area contributed by atoms with Crippen molar-refractivity contribution in [3.8, 4) is 11.8 Å². The summed E-state index contributed by atoms with van der Waals surface area (Å²) >= 11 is 0. The molecule has 106 valence electrons. The van der Waals surface area contributed by atoms with Gasteiger partial charge in [-0.1, -0.05) is 12.1 Å². The third-order valence-electron chi connectivity index (χ3n) is 3.73. The monoisotopic (exact) mass is 279 g/mol. The molecule has 1 aromatic heterocycles. The minimum Gasteiger partial charge on any atom is -0.335 e. The second-order valence-electron chi connectivity index (χ2n) is 5.25. The smallest absolute Gasteiger partial charge is 0.256 e. The maximum Gasteiger partial charge on any atom is 0.256 e. The molecule has 2 aromatic rings. The Labute approximate surface area is 124 Å². The van der Waals surface area contributed by atoms with Gasteiger partial charge in [0.15, 0.2) is 0 Å². The maximum atomic E-state index is 12.9. The number of hydrogen-bond donors (Lipinski definition) is 0. The first-order valence-electron chi connectivity index (χ1n) is 7.21. The van der Waals surface area contributed by atoms with Crippen LogP contribution in [0.1, 0.15) is 29.6 Å². The van der Waals surface area contributed by atoms with Gasteiger partial charge in [-0.3, -0.25) is 4.79 Å². The lowest BCUT2D eigenvalue weighted by molar-refractivity contribution is 0.0747. The zero-order valence-electron chi connectivity index (χ0n) is 11.8. The van der Waals surface area contributed by atoms with E-state index in [0.717, 1.165) is 18.5 Å². The normalized spacial score (nSPS) is 13.7. The molecule has 0 unspecified atom stereocenters. The van der Waals surface area contributed by atoms with Gasteiger partial charge in [-0.15, -0.1) is 0 Å². The van der Waals surface area contributed by atoms with Crippen molar-refractivity contribution >= 4 is 5.91 Å². The fraction of sp³-hybridized carbons (Fsp3) is 0.294. The molecule has 0 radical (unpaired) electrons. The van der Waals surface area contributed by atoms with Crippen molar-refractivity contribution in [1.29, 1.82) is 5.26 Å². The lowest BCUT2D eigenvalue weighted by atomic mass is 10.1. The molecule has 1 fully saturated rings. The highest BCUT2D eigenvalue weighted by Gasteiger charge is 2.33. The van der Waals surface area contributed by atoms with E-state index in [4.69, 9.17) is 5.26 Å². The molecule has 1 aromatic carbocycles. The van der Waals surface area contributed by atoms with E-state index in [1.807, 2.05) is 58.3 Å². The molecule has 21 heavy (non-hydrogen) atoms. The molecule has 1 heterocycles. The average molecular weight is 279 g/mol. The van der Waals surface area contributed by atoms with Gasteiger partial charge in [0.25, 0.3) is 5.91 Å². The van der Waals surface area contributed by atoms with E-state index in [1.165, 1.54) is 0 Å². The first kappa shape index (κ1) is 13.4. The van der Waals surface area contributed by atoms with Crippen molar-refractivity contribution in [2.75, 3.05) is 6.54 Å². The minimum atomic E-state index is 0.0250. The fourth-order valence-electron chi connectivity index (χ4n) is 2.54. The predicted molar refractivity (Wildman–Crippen MR) is 80.1 cm³/mol. The van der Waals surface area contributed by atoms with Gasteiger partial charge >= 0.3 is 0 Å². The zero-order chi connectivity index (χ0) is 14.7. The molecular formula is C17H17N3O. The number of aromatic nitrogens is 1. The van der Waals surface area contributed by atoms with Gasteiger partial charge in [0, 0.05) is 25.0 Å². The topological polar surface area (TPSA) is 49.0 Å². The number of benzene rings is 1. The van der Waals surface area contributed by atoms with Crippen LogP contribution in [0.3, 0.4) is 0 Å². The van der Waals surface area contributed by atoms with E-state index in [2.05, 4.69) is 6.07 Å². The summed E-state index contributed by atoms with van der Waals surface area (Å²) in [6.45, 7) is 0.514. The van der Waals surface area contributed by atoms with E-state index in [-0.39, 0.29) is 5.91 Å². The lowest BCUT2D eigenvalue weighted by Crippen LogP contribution is -2.34. The summed E-state index contributed by atoms with van der Waals surface area (Å²) in [6, 6.07) is 13.9. The quantitative estimate of drug-likeness (QED) is 0.844. The standard InChI is InChI=1S/C17H17N3O/c18-10-5-13-20(14-8-9-14)17(21)15-6-1-2-7-16(15)19-11-3-4-12-19/h1-4,6-7,11-12,14H,5,8-9,13H2. The van der Waals surface area contributed by atoms with Gasteiger partial charge < -0.3 is 9.47 Å². The lowest BCUT2D eigenvalue weighted by Gasteiger charge is -2.22. The third-order valence-corrected chi connectivity index (χ3v) is 3.73. The van der Waals surface area contributed by atoms with Gasteiger partial charge in [0.1, 0.15) is 0 Å². The molecule has 4 heteroatoms. The fourth-order valence-corrected chi connectivity index (χ4v) is 2.54. The van der Waals surface area contributed by atoms with E-state index in [1.54, 1.807) is 0 Å². The van der Waals surface area contributed by atoms with Crippen LogP contribution in [0.5, 0.6) is 0 Å². The second-order valence-corrected chi connectivity index (χ2v) is 5.25. The molecule has 3 rings (SSSR count). The molecule has 0 aliphatic heterocycles. The van der Waals surface area contributed by atoms with Gasteiger partial charge in [-0.05, 0) is 37.1 Å². The minimum absolute atomic E-state index is 0.0250. The largest absolute Gasteiger partial charge is 0.335 e. The van der Waals surface area contributed by atoms with Crippen molar-refractivity contribution < 1.29 is 4.79 Å². The highest BCUT2D eigenvalue weighted by molar-refractivity contribution is 5.98. The average Bonchev–Trinajstić information content (AvgIpc) is 3.21. The van der Waals surface area contributed by atoms with E-state index >= 15 is 0 Å². The van der Waals surface area contributed by atoms with Crippen LogP contribution in [0, 0.1) is 11.3 Å². The van der Waals surface area contributed by atoms with E-state index in [0.29, 0.717) is 24.6 Å². The number of rotatable bonds is 5. The Morgan fingerprint density at radius 1 is 1.24 bits per heavy atom. The molecular weight excluding hydrogens is 262 g/mol. The van der Waals surface area contributed by atoms with Gasteiger partial charge in [-0.2, -0.15) is 5.26 Å². The predicted octanol–water partition coefficient (Wildman–Crippen LogP) is 3.00. The van der Waals surface area contributed by atoms with Crippen LogP contribution in [-0.4, -0.2) is 28.0 Å². The zero-order valence-corrected chi connectivity index (χ0v) is 11.8. The second kappa shape index (κ2) is 5.84. The number of hydrogen-bond acceptors (Lipinski definition) is 2. The Bertz CT molecular complexity index is 666. The summed E-state index contributed by atoms with van der Waals surface area (Å²) in [5.74, 6) is 0.0250. The number of carbonyl (C=O) groups excluding carboxylic acids is 1. The summed E-state index contributed by atoms with van der Waals surface area (Å²) in [5.41, 5.74) is 1.58. The molecule has 1 saturated carbocycles. The Morgan fingerprint density at radius 2 is 1.95 bits per heavy atom. The number of carbonyl (C=O) groups is 1. The van der Waals surface area contributed by atoms with Crippen LogP contribution in [0.4, 0.5) is 0 Å². The summed E-state index contributed by atoms with van der Waals surface area (Å²) in [7, 11) is 0. The van der Waals surface area contributed by atoms with Gasteiger partial charge in [-0.25, -0.2) is 0 Å². The highest BCUT2D eigenvalue weighted by atomic mass is 16.2. The number of nitriles is 1. The van der Waals surface area contributed by atoms with Crippen LogP contribution < -0.4 is 0 Å². The van der Waals surface area contributed by atoms with Gasteiger partial charge in [0.05, 0.1) is 23.7 Å². The number of para-hydroxylation sites is 1. The Morgan fingerprint density at radius 3 is 2.62 bits per heavy atom. The summed E-state index contributed by atoms with van der Waals surface area (Å²) < 4.78 is 1.95. The molecule has 4 nitrogen and oxygen atoms in total. The molecule has 0 atom stereocenters. The van der Waals surface area contributed by atoms with Crippen molar-refractivity contribution in [3.63, 3.8) is 0 Å². The Hall–Kier alpha value is -2.54. The third kappa shape index (κ3) is 2.82. The summed E-state index contributed by atoms with van der Waals surface area (Å²) in [6.07, 6.45) is 6.34. The van der Waals surface area contributed by atoms with Crippen molar-refractivity contribution in [2.45, 2.75) is 25.3 Å². The molecule has 0 spiro atoms. The Balaban J connectivity index is 1.92. The first-order valence-corrected chi connectivity index (χ1v) is 7.21. The van der Waals surface area contributed by atoms with Crippen molar-refractivity contribution in [1.82, 2.24) is 9.47 Å². The maximum absolute atomic E-state index is 12.9. The molecule has 1 amide bonds.